The van der Waals surface area contributed by atoms with Crippen LogP contribution in [0, 0.1) is 5.92 Å². The molecule has 3 nitrogen and oxygen atoms in total. The van der Waals surface area contributed by atoms with Crippen molar-refractivity contribution in [1.82, 2.24) is 10.2 Å². The van der Waals surface area contributed by atoms with E-state index in [1.165, 1.54) is 0 Å². The van der Waals surface area contributed by atoms with Crippen LogP contribution in [0.3, 0.4) is 0 Å². The summed E-state index contributed by atoms with van der Waals surface area (Å²) in [5, 5.41) is 2.20. The highest BCUT2D eigenvalue weighted by atomic mass is 35.5. The van der Waals surface area contributed by atoms with Gasteiger partial charge in [-0.25, -0.2) is 0 Å². The SMILES string of the molecule is CN1CCC(CNC(=O)Cl)CC1. The number of hydrogen-bond acceptors (Lipinski definition) is 2. The number of nitrogens with zero attached hydrogens (tertiary/aromatic N) is 1. The Hall–Kier alpha value is -0.280. The smallest absolute Gasteiger partial charge is 0.313 e. The van der Waals surface area contributed by atoms with Gasteiger partial charge in [-0.1, -0.05) is 0 Å². The lowest BCUT2D eigenvalue weighted by Gasteiger charge is -2.28. The number of likely N-dealkylation sites (tertiary alicyclic amines) is 1. The Bertz CT molecular complexity index is 155. The first-order valence-corrected chi connectivity index (χ1v) is 4.68. The standard InChI is InChI=1S/C8H15ClN2O/c1-11-4-2-7(3-5-11)6-10-8(9)12/h7H,2-6H2,1H3,(H,10,12). The fraction of sp³-hybridized carbons (Fsp3) is 0.875. The van der Waals surface area contributed by atoms with E-state index in [1.54, 1.807) is 0 Å². The molecule has 0 saturated carbocycles. The molecule has 0 spiro atoms. The molecule has 1 saturated heterocycles. The molecular weight excluding hydrogens is 176 g/mol. The number of hydrogen-bond donors (Lipinski definition) is 1. The summed E-state index contributed by atoms with van der Waals surface area (Å²) in [5.74, 6) is 0.615. The highest BCUT2D eigenvalue weighted by Crippen LogP contribution is 2.14. The molecule has 1 heterocycles. The first-order valence-electron chi connectivity index (χ1n) is 4.30. The minimum atomic E-state index is -0.436. The molecule has 4 heteroatoms. The van der Waals surface area contributed by atoms with Crippen LogP contribution in [0.2, 0.25) is 0 Å². The van der Waals surface area contributed by atoms with Crippen molar-refractivity contribution in [2.75, 3.05) is 26.7 Å². The van der Waals surface area contributed by atoms with Crippen molar-refractivity contribution in [3.8, 4) is 0 Å². The fourth-order valence-corrected chi connectivity index (χ4v) is 1.57. The van der Waals surface area contributed by atoms with Crippen LogP contribution >= 0.6 is 11.6 Å². The van der Waals surface area contributed by atoms with Crippen LogP contribution in [0.4, 0.5) is 4.79 Å². The van der Waals surface area contributed by atoms with Gasteiger partial charge in [0.2, 0.25) is 0 Å². The number of halogens is 1. The Morgan fingerprint density at radius 1 is 1.58 bits per heavy atom. The quantitative estimate of drug-likeness (QED) is 0.526. The van der Waals surface area contributed by atoms with Gasteiger partial charge in [-0.15, -0.1) is 0 Å². The maximum absolute atomic E-state index is 10.4. The van der Waals surface area contributed by atoms with Crippen LogP contribution < -0.4 is 5.32 Å². The molecule has 0 unspecified atom stereocenters. The molecule has 0 atom stereocenters. The minimum absolute atomic E-state index is 0.436. The van der Waals surface area contributed by atoms with Gasteiger partial charge in [0.05, 0.1) is 0 Å². The summed E-state index contributed by atoms with van der Waals surface area (Å²) in [4.78, 5) is 12.7. The maximum Gasteiger partial charge on any atom is 0.313 e. The van der Waals surface area contributed by atoms with Crippen molar-refractivity contribution in [2.24, 2.45) is 5.92 Å². The maximum atomic E-state index is 10.4. The molecule has 0 radical (unpaired) electrons. The van der Waals surface area contributed by atoms with Gasteiger partial charge in [0.25, 0.3) is 0 Å². The Labute approximate surface area is 78.1 Å². The Balaban J connectivity index is 2.13. The second-order valence-electron chi connectivity index (χ2n) is 3.40. The van der Waals surface area contributed by atoms with Gasteiger partial charge in [-0.2, -0.15) is 0 Å². The van der Waals surface area contributed by atoms with Crippen LogP contribution in [0.15, 0.2) is 0 Å². The molecule has 1 N–H and O–H groups in total. The summed E-state index contributed by atoms with van der Waals surface area (Å²) in [6.07, 6.45) is 2.32. The van der Waals surface area contributed by atoms with Gasteiger partial charge in [0.1, 0.15) is 0 Å². The Kier molecular flexibility index (Phi) is 3.82. The average Bonchev–Trinajstić information content (AvgIpc) is 2.03. The molecule has 1 fully saturated rings. The van der Waals surface area contributed by atoms with Crippen molar-refractivity contribution in [2.45, 2.75) is 12.8 Å². The van der Waals surface area contributed by atoms with Crippen LogP contribution in [-0.4, -0.2) is 36.9 Å². The van der Waals surface area contributed by atoms with Gasteiger partial charge in [0, 0.05) is 6.54 Å². The molecule has 1 aliphatic heterocycles. The fourth-order valence-electron chi connectivity index (χ4n) is 1.49. The van der Waals surface area contributed by atoms with Crippen LogP contribution in [0.25, 0.3) is 0 Å². The molecule has 1 rings (SSSR count). The van der Waals surface area contributed by atoms with Crippen molar-refractivity contribution < 1.29 is 4.79 Å². The number of rotatable bonds is 2. The number of amides is 1. The average molecular weight is 191 g/mol. The topological polar surface area (TPSA) is 32.3 Å². The molecule has 12 heavy (non-hydrogen) atoms. The van der Waals surface area contributed by atoms with Crippen molar-refractivity contribution in [3.05, 3.63) is 0 Å². The first-order chi connectivity index (χ1) is 5.68. The second-order valence-corrected chi connectivity index (χ2v) is 3.74. The summed E-state index contributed by atoms with van der Waals surface area (Å²) < 4.78 is 0. The van der Waals surface area contributed by atoms with E-state index in [-0.39, 0.29) is 0 Å². The Morgan fingerprint density at radius 2 is 2.17 bits per heavy atom. The summed E-state index contributed by atoms with van der Waals surface area (Å²) in [5.41, 5.74) is 0. The zero-order valence-corrected chi connectivity index (χ0v) is 8.10. The van der Waals surface area contributed by atoms with E-state index in [4.69, 9.17) is 11.6 Å². The molecule has 1 aliphatic rings. The lowest BCUT2D eigenvalue weighted by Crippen LogP contribution is -2.35. The molecule has 70 valence electrons. The van der Waals surface area contributed by atoms with Gasteiger partial charge in [-0.05, 0) is 50.5 Å². The van der Waals surface area contributed by atoms with E-state index in [0.29, 0.717) is 5.92 Å². The van der Waals surface area contributed by atoms with Gasteiger partial charge >= 0.3 is 5.37 Å². The summed E-state index contributed by atoms with van der Waals surface area (Å²) in [6, 6.07) is 0. The predicted octanol–water partition coefficient (Wildman–Crippen LogP) is 1.28. The van der Waals surface area contributed by atoms with Crippen LogP contribution in [-0.2, 0) is 0 Å². The molecule has 0 aliphatic carbocycles. The number of carbonyl (C=O) groups excluding carboxylic acids is 1. The van der Waals surface area contributed by atoms with Crippen molar-refractivity contribution >= 4 is 17.0 Å². The van der Waals surface area contributed by atoms with E-state index in [1.807, 2.05) is 0 Å². The monoisotopic (exact) mass is 190 g/mol. The number of carbonyl (C=O) groups is 1. The van der Waals surface area contributed by atoms with Gasteiger partial charge in [-0.3, -0.25) is 4.79 Å². The zero-order chi connectivity index (χ0) is 8.97. The van der Waals surface area contributed by atoms with Crippen molar-refractivity contribution in [3.63, 3.8) is 0 Å². The second kappa shape index (κ2) is 4.67. The molecular formula is C8H15ClN2O. The third-order valence-corrected chi connectivity index (χ3v) is 2.50. The molecule has 0 aromatic heterocycles. The van der Waals surface area contributed by atoms with Gasteiger partial charge in [0.15, 0.2) is 0 Å². The molecule has 1 amide bonds. The zero-order valence-electron chi connectivity index (χ0n) is 7.35. The third kappa shape index (κ3) is 3.41. The number of piperidine rings is 1. The lowest BCUT2D eigenvalue weighted by molar-refractivity contribution is 0.215. The van der Waals surface area contributed by atoms with Crippen LogP contribution in [0.5, 0.6) is 0 Å². The summed E-state index contributed by atoms with van der Waals surface area (Å²) in [7, 11) is 2.12. The summed E-state index contributed by atoms with van der Waals surface area (Å²) in [6.45, 7) is 2.99. The van der Waals surface area contributed by atoms with E-state index < -0.39 is 5.37 Å². The van der Waals surface area contributed by atoms with E-state index in [0.717, 1.165) is 32.5 Å². The highest BCUT2D eigenvalue weighted by molar-refractivity contribution is 6.62. The largest absolute Gasteiger partial charge is 0.342 e. The van der Waals surface area contributed by atoms with E-state index in [9.17, 15) is 4.79 Å². The van der Waals surface area contributed by atoms with E-state index >= 15 is 0 Å². The van der Waals surface area contributed by atoms with Gasteiger partial charge < -0.3 is 10.2 Å². The normalized spacial score (nSPS) is 20.8. The first kappa shape index (κ1) is 9.81. The number of nitrogens with one attached hydrogen (secondary N) is 1. The van der Waals surface area contributed by atoms with Crippen molar-refractivity contribution in [1.29, 1.82) is 0 Å². The highest BCUT2D eigenvalue weighted by Gasteiger charge is 2.16. The van der Waals surface area contributed by atoms with Crippen LogP contribution in [0.1, 0.15) is 12.8 Å². The predicted molar refractivity (Wildman–Crippen MR) is 49.5 cm³/mol. The third-order valence-electron chi connectivity index (χ3n) is 2.37. The minimum Gasteiger partial charge on any atom is -0.342 e. The molecule has 0 aromatic carbocycles. The summed E-state index contributed by atoms with van der Waals surface area (Å²) >= 11 is 5.17. The molecule has 0 aromatic rings. The molecule has 0 bridgehead atoms. The van der Waals surface area contributed by atoms with E-state index in [2.05, 4.69) is 17.3 Å². The Morgan fingerprint density at radius 3 is 2.67 bits per heavy atom. The lowest BCUT2D eigenvalue weighted by atomic mass is 9.97.